The van der Waals surface area contributed by atoms with Crippen molar-refractivity contribution < 1.29 is 13.0 Å². The third-order valence-electron chi connectivity index (χ3n) is 2.03. The second kappa shape index (κ2) is 5.33. The van der Waals surface area contributed by atoms with Crippen LogP contribution in [0.5, 0.6) is 0 Å². The van der Waals surface area contributed by atoms with Gasteiger partial charge in [-0.25, -0.2) is 0 Å². The van der Waals surface area contributed by atoms with Gasteiger partial charge in [0.15, 0.2) is 0 Å². The average molecular weight is 341 g/mol. The standard InChI is InChI=1S/C10H8O3S.Cs/c11-14(12,13)10-7-3-5-8-4-1-2-6-9(8)10;/h1-7H,(H,11,12,13);. The molecule has 2 aromatic carbocycles. The summed E-state index contributed by atoms with van der Waals surface area (Å²) < 4.78 is 31.0. The topological polar surface area (TPSA) is 54.4 Å². The van der Waals surface area contributed by atoms with Gasteiger partial charge in [0.1, 0.15) is 4.90 Å². The van der Waals surface area contributed by atoms with E-state index in [1.165, 1.54) is 6.07 Å². The van der Waals surface area contributed by atoms with Crippen LogP contribution in [0.15, 0.2) is 47.4 Å². The largest absolute Gasteiger partial charge is 0.295 e. The van der Waals surface area contributed by atoms with Gasteiger partial charge < -0.3 is 0 Å². The minimum atomic E-state index is -4.13. The van der Waals surface area contributed by atoms with E-state index >= 15 is 0 Å². The van der Waals surface area contributed by atoms with E-state index in [0.29, 0.717) is 5.39 Å². The van der Waals surface area contributed by atoms with E-state index in [9.17, 15) is 8.42 Å². The third-order valence-corrected chi connectivity index (χ3v) is 2.94. The van der Waals surface area contributed by atoms with Gasteiger partial charge in [0.25, 0.3) is 10.1 Å². The van der Waals surface area contributed by atoms with Crippen molar-refractivity contribution in [3.8, 4) is 0 Å². The Balaban J connectivity index is 0.00000112. The van der Waals surface area contributed by atoms with Crippen LogP contribution in [0.25, 0.3) is 10.8 Å². The monoisotopic (exact) mass is 341 g/mol. The van der Waals surface area contributed by atoms with Crippen LogP contribution in [-0.2, 0) is 10.1 Å². The van der Waals surface area contributed by atoms with E-state index in [-0.39, 0.29) is 73.8 Å². The van der Waals surface area contributed by atoms with Gasteiger partial charge in [0, 0.05) is 74.3 Å². The Morgan fingerprint density at radius 2 is 1.53 bits per heavy atom. The maximum Gasteiger partial charge on any atom is 0.295 e. The van der Waals surface area contributed by atoms with E-state index in [0.717, 1.165) is 5.39 Å². The third kappa shape index (κ3) is 3.07. The maximum absolute atomic E-state index is 11.0. The summed E-state index contributed by atoms with van der Waals surface area (Å²) in [5, 5.41) is 1.33. The molecule has 0 aliphatic rings. The molecule has 0 heterocycles. The van der Waals surface area contributed by atoms with Gasteiger partial charge in [-0.2, -0.15) is 8.42 Å². The Labute approximate surface area is 147 Å². The van der Waals surface area contributed by atoms with Crippen LogP contribution >= 0.6 is 0 Å². The Morgan fingerprint density at radius 3 is 2.20 bits per heavy atom. The molecule has 0 saturated heterocycles. The number of benzene rings is 2. The first-order chi connectivity index (χ1) is 6.59. The molecule has 0 aromatic heterocycles. The molecule has 0 aliphatic heterocycles. The minimum absolute atomic E-state index is 0. The minimum Gasteiger partial charge on any atom is -0.282 e. The van der Waals surface area contributed by atoms with E-state index in [4.69, 9.17) is 4.55 Å². The van der Waals surface area contributed by atoms with Crippen molar-refractivity contribution in [1.29, 1.82) is 0 Å². The van der Waals surface area contributed by atoms with Crippen molar-refractivity contribution in [2.24, 2.45) is 0 Å². The maximum atomic E-state index is 11.0. The summed E-state index contributed by atoms with van der Waals surface area (Å²) in [7, 11) is -4.13. The summed E-state index contributed by atoms with van der Waals surface area (Å²) in [6, 6.07) is 11.8. The molecule has 3 nitrogen and oxygen atoms in total. The van der Waals surface area contributed by atoms with E-state index < -0.39 is 10.1 Å². The van der Waals surface area contributed by atoms with Crippen molar-refractivity contribution in [1.82, 2.24) is 0 Å². The zero-order valence-electron chi connectivity index (χ0n) is 8.21. The van der Waals surface area contributed by atoms with Crippen LogP contribution in [-0.4, -0.2) is 81.9 Å². The Kier molecular flexibility index (Phi) is 4.88. The van der Waals surface area contributed by atoms with Gasteiger partial charge in [-0.05, 0) is 11.5 Å². The fourth-order valence-corrected chi connectivity index (χ4v) is 2.13. The average Bonchev–Trinajstić information content (AvgIpc) is 2.15. The molecule has 2 aromatic rings. The second-order valence-corrected chi connectivity index (χ2v) is 4.34. The molecule has 1 N–H and O–H groups in total. The molecule has 15 heavy (non-hydrogen) atoms. The van der Waals surface area contributed by atoms with Crippen LogP contribution in [0.3, 0.4) is 0 Å². The predicted octanol–water partition coefficient (Wildman–Crippen LogP) is 1.71. The molecule has 0 amide bonds. The molecule has 2 rings (SSSR count). The number of rotatable bonds is 1. The molecule has 0 bridgehead atoms. The summed E-state index contributed by atoms with van der Waals surface area (Å²) >= 11 is 0. The summed E-state index contributed by atoms with van der Waals surface area (Å²) in [5.41, 5.74) is 0. The molecule has 5 heteroatoms. The molecular weight excluding hydrogens is 333 g/mol. The SMILES string of the molecule is O=S(=O)(O)c1cccc2ccccc12.[Cs]. The summed E-state index contributed by atoms with van der Waals surface area (Å²) in [6.07, 6.45) is 0. The first-order valence-electron chi connectivity index (χ1n) is 4.04. The Morgan fingerprint density at radius 1 is 0.933 bits per heavy atom. The van der Waals surface area contributed by atoms with E-state index in [1.54, 1.807) is 30.3 Å². The fourth-order valence-electron chi connectivity index (χ4n) is 1.42. The van der Waals surface area contributed by atoms with Crippen molar-refractivity contribution >= 4 is 89.8 Å². The zero-order chi connectivity index (χ0) is 10.2. The van der Waals surface area contributed by atoms with Crippen LogP contribution in [0, 0.1) is 0 Å². The van der Waals surface area contributed by atoms with Crippen molar-refractivity contribution in [2.45, 2.75) is 4.90 Å². The molecular formula is C10H8CsO3S. The van der Waals surface area contributed by atoms with Gasteiger partial charge in [-0.1, -0.05) is 36.4 Å². The smallest absolute Gasteiger partial charge is 0.282 e. The van der Waals surface area contributed by atoms with Crippen molar-refractivity contribution in [3.05, 3.63) is 42.5 Å². The molecule has 0 spiro atoms. The molecule has 1 radical (unpaired) electrons. The van der Waals surface area contributed by atoms with Gasteiger partial charge in [0.05, 0.1) is 0 Å². The molecule has 73 valence electrons. The summed E-state index contributed by atoms with van der Waals surface area (Å²) in [6.45, 7) is 0. The molecule has 0 fully saturated rings. The summed E-state index contributed by atoms with van der Waals surface area (Å²) in [4.78, 5) is -0.0457. The van der Waals surface area contributed by atoms with Crippen LogP contribution < -0.4 is 0 Å². The van der Waals surface area contributed by atoms with Crippen LogP contribution in [0.4, 0.5) is 0 Å². The Hall–Kier alpha value is 0.662. The summed E-state index contributed by atoms with van der Waals surface area (Å²) in [5.74, 6) is 0. The molecule has 0 unspecified atom stereocenters. The van der Waals surface area contributed by atoms with Gasteiger partial charge in [0.2, 0.25) is 0 Å². The quantitative estimate of drug-likeness (QED) is 0.804. The van der Waals surface area contributed by atoms with Gasteiger partial charge in [-0.3, -0.25) is 4.55 Å². The zero-order valence-corrected chi connectivity index (χ0v) is 15.3. The second-order valence-electron chi connectivity index (χ2n) is 2.95. The molecule has 0 atom stereocenters. The van der Waals surface area contributed by atoms with Crippen molar-refractivity contribution in [2.75, 3.05) is 0 Å². The van der Waals surface area contributed by atoms with Crippen LogP contribution in [0.2, 0.25) is 0 Å². The van der Waals surface area contributed by atoms with E-state index in [2.05, 4.69) is 0 Å². The number of hydrogen-bond donors (Lipinski definition) is 1. The van der Waals surface area contributed by atoms with E-state index in [1.807, 2.05) is 6.07 Å². The van der Waals surface area contributed by atoms with Crippen molar-refractivity contribution in [3.63, 3.8) is 0 Å². The van der Waals surface area contributed by atoms with Gasteiger partial charge >= 0.3 is 0 Å². The first kappa shape index (κ1) is 13.7. The Bertz CT molecular complexity index is 573. The fraction of sp³-hybridized carbons (Fsp3) is 0. The predicted molar refractivity (Wildman–Crippen MR) is 59.5 cm³/mol. The van der Waals surface area contributed by atoms with Gasteiger partial charge in [-0.15, -0.1) is 0 Å². The number of fused-ring (bicyclic) bond motifs is 1. The number of hydrogen-bond acceptors (Lipinski definition) is 2. The van der Waals surface area contributed by atoms with Crippen LogP contribution in [0.1, 0.15) is 0 Å². The first-order valence-corrected chi connectivity index (χ1v) is 5.48. The molecule has 0 aliphatic carbocycles. The normalized spacial score (nSPS) is 11.0. The molecule has 0 saturated carbocycles.